The van der Waals surface area contributed by atoms with Crippen LogP contribution in [0.3, 0.4) is 0 Å². The van der Waals surface area contributed by atoms with Crippen LogP contribution in [0, 0.1) is 5.92 Å². The van der Waals surface area contributed by atoms with E-state index in [2.05, 4.69) is 5.32 Å². The summed E-state index contributed by atoms with van der Waals surface area (Å²) in [7, 11) is 1.63. The molecule has 1 aromatic carbocycles. The number of likely N-dealkylation sites (tertiary alicyclic amines) is 1. The Morgan fingerprint density at radius 3 is 2.48 bits per heavy atom. The van der Waals surface area contributed by atoms with Gasteiger partial charge in [-0.1, -0.05) is 12.1 Å². The minimum Gasteiger partial charge on any atom is -0.444 e. The van der Waals surface area contributed by atoms with Crippen molar-refractivity contribution in [2.75, 3.05) is 20.1 Å². The van der Waals surface area contributed by atoms with E-state index in [-0.39, 0.29) is 12.0 Å². The van der Waals surface area contributed by atoms with Crippen LogP contribution in [0.5, 0.6) is 0 Å². The lowest BCUT2D eigenvalue weighted by molar-refractivity contribution is 0.0288. The highest BCUT2D eigenvalue weighted by molar-refractivity contribution is 5.93. The quantitative estimate of drug-likeness (QED) is 0.932. The predicted octanol–water partition coefficient (Wildman–Crippen LogP) is 2.85. The summed E-state index contributed by atoms with van der Waals surface area (Å²) in [5.41, 5.74) is 1.40. The molecule has 5 nitrogen and oxygen atoms in total. The number of rotatable bonds is 3. The Morgan fingerprint density at radius 2 is 1.91 bits per heavy atom. The van der Waals surface area contributed by atoms with E-state index in [1.54, 1.807) is 11.9 Å². The van der Waals surface area contributed by atoms with Crippen molar-refractivity contribution in [3.8, 4) is 0 Å². The van der Waals surface area contributed by atoms with E-state index >= 15 is 0 Å². The Kier molecular flexibility index (Phi) is 5.29. The molecule has 1 unspecified atom stereocenters. The van der Waals surface area contributed by atoms with Gasteiger partial charge in [-0.05, 0) is 57.2 Å². The molecule has 1 saturated heterocycles. The number of hydrogen-bond acceptors (Lipinski definition) is 3. The summed E-state index contributed by atoms with van der Waals surface area (Å²) >= 11 is 0. The Balaban J connectivity index is 1.88. The molecule has 0 radical (unpaired) electrons. The Morgan fingerprint density at radius 1 is 1.26 bits per heavy atom. The zero-order valence-electron chi connectivity index (χ0n) is 14.4. The van der Waals surface area contributed by atoms with Gasteiger partial charge < -0.3 is 15.0 Å². The maximum absolute atomic E-state index is 12.1. The monoisotopic (exact) mass is 318 g/mol. The van der Waals surface area contributed by atoms with Crippen LogP contribution in [-0.4, -0.2) is 42.6 Å². The normalized spacial score (nSPS) is 17.9. The first-order valence-electron chi connectivity index (χ1n) is 8.07. The minimum atomic E-state index is -0.454. The third-order valence-corrected chi connectivity index (χ3v) is 3.91. The van der Waals surface area contributed by atoms with Crippen molar-refractivity contribution in [1.29, 1.82) is 0 Å². The molecule has 1 atom stereocenters. The fourth-order valence-electron chi connectivity index (χ4n) is 2.76. The van der Waals surface area contributed by atoms with Gasteiger partial charge in [0.1, 0.15) is 5.60 Å². The Bertz CT molecular complexity index is 561. The molecule has 0 saturated carbocycles. The summed E-state index contributed by atoms with van der Waals surface area (Å²) in [4.78, 5) is 25.4. The van der Waals surface area contributed by atoms with Crippen LogP contribution in [-0.2, 0) is 11.2 Å². The molecule has 1 fully saturated rings. The number of hydrogen-bond donors (Lipinski definition) is 1. The van der Waals surface area contributed by atoms with Crippen molar-refractivity contribution in [2.45, 2.75) is 39.2 Å². The van der Waals surface area contributed by atoms with Crippen LogP contribution in [0.4, 0.5) is 4.79 Å². The van der Waals surface area contributed by atoms with E-state index in [4.69, 9.17) is 4.74 Å². The van der Waals surface area contributed by atoms with Gasteiger partial charge in [-0.25, -0.2) is 4.79 Å². The van der Waals surface area contributed by atoms with E-state index < -0.39 is 5.60 Å². The number of nitrogens with zero attached hydrogens (tertiary/aromatic N) is 1. The van der Waals surface area contributed by atoms with Gasteiger partial charge in [-0.15, -0.1) is 0 Å². The lowest BCUT2D eigenvalue weighted by Gasteiger charge is -2.24. The molecule has 2 amide bonds. The molecule has 2 rings (SSSR count). The fourth-order valence-corrected chi connectivity index (χ4v) is 2.76. The summed E-state index contributed by atoms with van der Waals surface area (Å²) in [6.45, 7) is 7.12. The van der Waals surface area contributed by atoms with Gasteiger partial charge in [0.2, 0.25) is 0 Å². The van der Waals surface area contributed by atoms with Crippen molar-refractivity contribution < 1.29 is 14.3 Å². The smallest absolute Gasteiger partial charge is 0.410 e. The van der Waals surface area contributed by atoms with Gasteiger partial charge in [0.15, 0.2) is 0 Å². The van der Waals surface area contributed by atoms with E-state index in [9.17, 15) is 9.59 Å². The van der Waals surface area contributed by atoms with Gasteiger partial charge in [-0.3, -0.25) is 4.79 Å². The van der Waals surface area contributed by atoms with Crippen molar-refractivity contribution in [2.24, 2.45) is 5.92 Å². The molecule has 0 aliphatic carbocycles. The van der Waals surface area contributed by atoms with E-state index in [1.165, 1.54) is 5.56 Å². The summed E-state index contributed by atoms with van der Waals surface area (Å²) in [5, 5.41) is 2.61. The number of ether oxygens (including phenoxy) is 1. The summed E-state index contributed by atoms with van der Waals surface area (Å²) in [6, 6.07) is 7.66. The number of carbonyl (C=O) groups is 2. The maximum Gasteiger partial charge on any atom is 0.410 e. The van der Waals surface area contributed by atoms with Crippen molar-refractivity contribution in [1.82, 2.24) is 10.2 Å². The second-order valence-electron chi connectivity index (χ2n) is 7.06. The molecule has 1 aliphatic rings. The number of nitrogens with one attached hydrogen (secondary N) is 1. The van der Waals surface area contributed by atoms with Gasteiger partial charge in [-0.2, -0.15) is 0 Å². The fraction of sp³-hybridized carbons (Fsp3) is 0.556. The van der Waals surface area contributed by atoms with Gasteiger partial charge in [0, 0.05) is 25.7 Å². The lowest BCUT2D eigenvalue weighted by atomic mass is 9.98. The molecular weight excluding hydrogens is 292 g/mol. The molecule has 1 aliphatic heterocycles. The third kappa shape index (κ3) is 4.98. The second kappa shape index (κ2) is 7.02. The molecule has 23 heavy (non-hydrogen) atoms. The molecule has 0 spiro atoms. The molecule has 0 bridgehead atoms. The molecule has 1 heterocycles. The highest BCUT2D eigenvalue weighted by atomic mass is 16.6. The SMILES string of the molecule is CNC(=O)c1ccc(CC2CCN(C(=O)OC(C)(C)C)C2)cc1. The highest BCUT2D eigenvalue weighted by Crippen LogP contribution is 2.23. The summed E-state index contributed by atoms with van der Waals surface area (Å²) in [5.74, 6) is 0.363. The minimum absolute atomic E-state index is 0.0754. The van der Waals surface area contributed by atoms with E-state index in [0.29, 0.717) is 11.5 Å². The Labute approximate surface area is 138 Å². The zero-order chi connectivity index (χ0) is 17.0. The number of amides is 2. The van der Waals surface area contributed by atoms with Gasteiger partial charge in [0.05, 0.1) is 0 Å². The van der Waals surface area contributed by atoms with Crippen LogP contribution in [0.2, 0.25) is 0 Å². The van der Waals surface area contributed by atoms with Crippen LogP contribution < -0.4 is 5.32 Å². The molecule has 5 heteroatoms. The third-order valence-electron chi connectivity index (χ3n) is 3.91. The molecule has 1 aromatic rings. The van der Waals surface area contributed by atoms with Crippen LogP contribution >= 0.6 is 0 Å². The first-order chi connectivity index (χ1) is 10.8. The largest absolute Gasteiger partial charge is 0.444 e. The van der Waals surface area contributed by atoms with Crippen molar-refractivity contribution in [3.05, 3.63) is 35.4 Å². The lowest BCUT2D eigenvalue weighted by Crippen LogP contribution is -2.35. The van der Waals surface area contributed by atoms with E-state index in [1.807, 2.05) is 45.0 Å². The molecule has 126 valence electrons. The first-order valence-corrected chi connectivity index (χ1v) is 8.07. The first kappa shape index (κ1) is 17.3. The Hall–Kier alpha value is -2.04. The predicted molar refractivity (Wildman–Crippen MR) is 89.5 cm³/mol. The highest BCUT2D eigenvalue weighted by Gasteiger charge is 2.29. The van der Waals surface area contributed by atoms with Crippen LogP contribution in [0.15, 0.2) is 24.3 Å². The number of carbonyl (C=O) groups excluding carboxylic acids is 2. The molecule has 0 aromatic heterocycles. The summed E-state index contributed by atoms with van der Waals surface area (Å²) in [6.07, 6.45) is 1.67. The second-order valence-corrected chi connectivity index (χ2v) is 7.06. The van der Waals surface area contributed by atoms with Gasteiger partial charge in [0.25, 0.3) is 5.91 Å². The van der Waals surface area contributed by atoms with Crippen molar-refractivity contribution >= 4 is 12.0 Å². The summed E-state index contributed by atoms with van der Waals surface area (Å²) < 4.78 is 5.42. The topological polar surface area (TPSA) is 58.6 Å². The molecular formula is C18H26N2O3. The average molecular weight is 318 g/mol. The maximum atomic E-state index is 12.1. The average Bonchev–Trinajstić information content (AvgIpc) is 2.94. The van der Waals surface area contributed by atoms with Crippen LogP contribution in [0.25, 0.3) is 0 Å². The zero-order valence-corrected chi connectivity index (χ0v) is 14.4. The van der Waals surface area contributed by atoms with Gasteiger partial charge >= 0.3 is 6.09 Å². The standard InChI is InChI=1S/C18H26N2O3/c1-18(2,3)23-17(22)20-10-9-14(12-20)11-13-5-7-15(8-6-13)16(21)19-4/h5-8,14H,9-12H2,1-4H3,(H,19,21). The van der Waals surface area contributed by atoms with Crippen molar-refractivity contribution in [3.63, 3.8) is 0 Å². The molecule has 1 N–H and O–H groups in total. The number of benzene rings is 1. The van der Waals surface area contributed by atoms with Crippen LogP contribution in [0.1, 0.15) is 43.1 Å². The van der Waals surface area contributed by atoms with E-state index in [0.717, 1.165) is 25.9 Å².